The molecule has 0 amide bonds. The van der Waals surface area contributed by atoms with Crippen molar-refractivity contribution in [3.05, 3.63) is 52.3 Å². The van der Waals surface area contributed by atoms with Crippen molar-refractivity contribution in [3.8, 4) is 11.5 Å². The first-order valence-corrected chi connectivity index (χ1v) is 7.01. The minimum Gasteiger partial charge on any atom is -0.454 e. The van der Waals surface area contributed by atoms with E-state index >= 15 is 0 Å². The van der Waals surface area contributed by atoms with E-state index in [1.165, 1.54) is 0 Å². The standard InChI is InChI=1S/C16H18ClNO2/c1-4-14-16(7-5-10(2)18-14)20-15-8-6-12(11(3)19)9-13(15)17/h5-9,11,19H,4H2,1-3H3/t11-/m0/s1. The zero-order chi connectivity index (χ0) is 14.7. The lowest BCUT2D eigenvalue weighted by Crippen LogP contribution is -1.97. The van der Waals surface area contributed by atoms with Gasteiger partial charge in [0, 0.05) is 5.69 Å². The highest BCUT2D eigenvalue weighted by molar-refractivity contribution is 6.32. The fourth-order valence-corrected chi connectivity index (χ4v) is 2.15. The lowest BCUT2D eigenvalue weighted by Gasteiger charge is -2.13. The van der Waals surface area contributed by atoms with Crippen molar-refractivity contribution in [2.75, 3.05) is 0 Å². The van der Waals surface area contributed by atoms with Crippen LogP contribution in [0.4, 0.5) is 0 Å². The van der Waals surface area contributed by atoms with E-state index in [0.29, 0.717) is 16.5 Å². The Morgan fingerprint density at radius 1 is 1.25 bits per heavy atom. The van der Waals surface area contributed by atoms with Gasteiger partial charge in [-0.3, -0.25) is 4.98 Å². The van der Waals surface area contributed by atoms with E-state index in [0.717, 1.165) is 23.4 Å². The van der Waals surface area contributed by atoms with Crippen LogP contribution in [0.2, 0.25) is 5.02 Å². The number of pyridine rings is 1. The molecule has 2 rings (SSSR count). The van der Waals surface area contributed by atoms with Gasteiger partial charge in [-0.05, 0) is 50.1 Å². The van der Waals surface area contributed by atoms with Crippen LogP contribution in [0.1, 0.15) is 36.9 Å². The van der Waals surface area contributed by atoms with Crippen LogP contribution >= 0.6 is 11.6 Å². The van der Waals surface area contributed by atoms with Gasteiger partial charge in [0.15, 0.2) is 0 Å². The molecule has 2 aromatic rings. The van der Waals surface area contributed by atoms with Crippen molar-refractivity contribution in [3.63, 3.8) is 0 Å². The lowest BCUT2D eigenvalue weighted by atomic mass is 10.1. The van der Waals surface area contributed by atoms with Gasteiger partial charge in [-0.15, -0.1) is 0 Å². The second-order valence-corrected chi connectivity index (χ2v) is 5.13. The molecule has 1 aromatic carbocycles. The molecule has 0 bridgehead atoms. The molecule has 0 saturated heterocycles. The second-order valence-electron chi connectivity index (χ2n) is 4.72. The first-order chi connectivity index (χ1) is 9.51. The number of hydrogen-bond donors (Lipinski definition) is 1. The van der Waals surface area contributed by atoms with E-state index in [2.05, 4.69) is 4.98 Å². The largest absolute Gasteiger partial charge is 0.454 e. The maximum absolute atomic E-state index is 9.53. The van der Waals surface area contributed by atoms with Crippen LogP contribution in [0.5, 0.6) is 11.5 Å². The van der Waals surface area contributed by atoms with Gasteiger partial charge in [0.1, 0.15) is 11.5 Å². The topological polar surface area (TPSA) is 42.4 Å². The average Bonchev–Trinajstić information content (AvgIpc) is 2.42. The Hall–Kier alpha value is -1.58. The van der Waals surface area contributed by atoms with Gasteiger partial charge in [-0.1, -0.05) is 24.6 Å². The summed E-state index contributed by atoms with van der Waals surface area (Å²) >= 11 is 6.19. The molecule has 20 heavy (non-hydrogen) atoms. The molecule has 1 heterocycles. The van der Waals surface area contributed by atoms with E-state index in [1.54, 1.807) is 25.1 Å². The molecule has 0 radical (unpaired) electrons. The van der Waals surface area contributed by atoms with E-state index in [4.69, 9.17) is 16.3 Å². The minimum absolute atomic E-state index is 0.478. The third kappa shape index (κ3) is 3.30. The van der Waals surface area contributed by atoms with Gasteiger partial charge >= 0.3 is 0 Å². The number of nitrogens with zero attached hydrogens (tertiary/aromatic N) is 1. The molecular weight excluding hydrogens is 274 g/mol. The molecule has 0 spiro atoms. The van der Waals surface area contributed by atoms with Gasteiger partial charge in [-0.2, -0.15) is 0 Å². The highest BCUT2D eigenvalue weighted by atomic mass is 35.5. The summed E-state index contributed by atoms with van der Waals surface area (Å²) in [5, 5.41) is 10.0. The summed E-state index contributed by atoms with van der Waals surface area (Å²) in [6.07, 6.45) is 0.245. The Balaban J connectivity index is 2.30. The summed E-state index contributed by atoms with van der Waals surface area (Å²) in [5.41, 5.74) is 2.63. The van der Waals surface area contributed by atoms with Crippen molar-refractivity contribution in [1.82, 2.24) is 4.98 Å². The fourth-order valence-electron chi connectivity index (χ4n) is 1.92. The maximum atomic E-state index is 9.53. The summed E-state index contributed by atoms with van der Waals surface area (Å²) in [6, 6.07) is 9.10. The van der Waals surface area contributed by atoms with Gasteiger partial charge in [-0.25, -0.2) is 0 Å². The molecule has 0 aliphatic heterocycles. The van der Waals surface area contributed by atoms with Crippen molar-refractivity contribution in [1.29, 1.82) is 0 Å². The number of aromatic nitrogens is 1. The van der Waals surface area contributed by atoms with E-state index in [-0.39, 0.29) is 0 Å². The predicted molar refractivity (Wildman–Crippen MR) is 80.5 cm³/mol. The predicted octanol–water partition coefficient (Wildman–Crippen LogP) is 4.45. The highest BCUT2D eigenvalue weighted by Crippen LogP contribution is 2.33. The SMILES string of the molecule is CCc1nc(C)ccc1Oc1ccc([C@H](C)O)cc1Cl. The number of halogens is 1. The molecule has 4 heteroatoms. The van der Waals surface area contributed by atoms with Gasteiger partial charge in [0.25, 0.3) is 0 Å². The van der Waals surface area contributed by atoms with Crippen LogP contribution in [0.3, 0.4) is 0 Å². The number of aliphatic hydroxyl groups excluding tert-OH is 1. The molecule has 0 fully saturated rings. The third-order valence-electron chi connectivity index (χ3n) is 3.06. The van der Waals surface area contributed by atoms with Crippen LogP contribution in [0.15, 0.2) is 30.3 Å². The Bertz CT molecular complexity index is 611. The van der Waals surface area contributed by atoms with Crippen LogP contribution < -0.4 is 4.74 Å². The molecule has 106 valence electrons. The van der Waals surface area contributed by atoms with E-state index < -0.39 is 6.10 Å². The van der Waals surface area contributed by atoms with Crippen LogP contribution in [0, 0.1) is 6.92 Å². The van der Waals surface area contributed by atoms with Gasteiger partial charge < -0.3 is 9.84 Å². The monoisotopic (exact) mass is 291 g/mol. The Labute approximate surface area is 124 Å². The summed E-state index contributed by atoms with van der Waals surface area (Å²) < 4.78 is 5.84. The Morgan fingerprint density at radius 3 is 2.55 bits per heavy atom. The number of aryl methyl sites for hydroxylation is 2. The molecule has 0 saturated carbocycles. The summed E-state index contributed by atoms with van der Waals surface area (Å²) in [6.45, 7) is 5.69. The smallest absolute Gasteiger partial charge is 0.148 e. The highest BCUT2D eigenvalue weighted by Gasteiger charge is 2.10. The molecule has 3 nitrogen and oxygen atoms in total. The Morgan fingerprint density at radius 2 is 1.95 bits per heavy atom. The number of benzene rings is 1. The number of aliphatic hydroxyl groups is 1. The van der Waals surface area contributed by atoms with Crippen LogP contribution in [-0.4, -0.2) is 10.1 Å². The molecule has 0 aliphatic carbocycles. The van der Waals surface area contributed by atoms with E-state index in [1.807, 2.05) is 26.0 Å². The molecule has 1 aromatic heterocycles. The number of ether oxygens (including phenoxy) is 1. The van der Waals surface area contributed by atoms with Crippen LogP contribution in [-0.2, 0) is 6.42 Å². The van der Waals surface area contributed by atoms with E-state index in [9.17, 15) is 5.11 Å². The maximum Gasteiger partial charge on any atom is 0.148 e. The molecular formula is C16H18ClNO2. The minimum atomic E-state index is -0.547. The summed E-state index contributed by atoms with van der Waals surface area (Å²) in [7, 11) is 0. The second kappa shape index (κ2) is 6.25. The van der Waals surface area contributed by atoms with Crippen molar-refractivity contribution >= 4 is 11.6 Å². The fraction of sp³-hybridized carbons (Fsp3) is 0.312. The van der Waals surface area contributed by atoms with Crippen LogP contribution in [0.25, 0.3) is 0 Å². The van der Waals surface area contributed by atoms with Crippen molar-refractivity contribution < 1.29 is 9.84 Å². The van der Waals surface area contributed by atoms with Gasteiger partial charge in [0.2, 0.25) is 0 Å². The molecule has 0 aliphatic rings. The number of hydrogen-bond acceptors (Lipinski definition) is 3. The van der Waals surface area contributed by atoms with Crippen molar-refractivity contribution in [2.24, 2.45) is 0 Å². The molecule has 1 N–H and O–H groups in total. The van der Waals surface area contributed by atoms with Crippen molar-refractivity contribution in [2.45, 2.75) is 33.3 Å². The molecule has 1 atom stereocenters. The first kappa shape index (κ1) is 14.8. The first-order valence-electron chi connectivity index (χ1n) is 6.63. The molecule has 0 unspecified atom stereocenters. The third-order valence-corrected chi connectivity index (χ3v) is 3.36. The quantitative estimate of drug-likeness (QED) is 0.905. The lowest BCUT2D eigenvalue weighted by molar-refractivity contribution is 0.199. The summed E-state index contributed by atoms with van der Waals surface area (Å²) in [5.74, 6) is 1.28. The average molecular weight is 292 g/mol. The zero-order valence-electron chi connectivity index (χ0n) is 11.9. The Kier molecular flexibility index (Phi) is 4.63. The summed E-state index contributed by atoms with van der Waals surface area (Å²) in [4.78, 5) is 4.46. The normalized spacial score (nSPS) is 12.2. The zero-order valence-corrected chi connectivity index (χ0v) is 12.6. The number of rotatable bonds is 4. The van der Waals surface area contributed by atoms with Gasteiger partial charge in [0.05, 0.1) is 16.8 Å².